The van der Waals surface area contributed by atoms with Crippen LogP contribution in [0.4, 0.5) is 0 Å². The Morgan fingerprint density at radius 2 is 2.08 bits per heavy atom. The number of rotatable bonds is 7. The number of nitrogens with one attached hydrogen (secondary N) is 2. The average Bonchev–Trinajstić information content (AvgIpc) is 2.92. The molecular formula is C17H28IN3O4S. The van der Waals surface area contributed by atoms with Crippen LogP contribution < -0.4 is 20.1 Å². The van der Waals surface area contributed by atoms with Crippen molar-refractivity contribution in [2.24, 2.45) is 4.99 Å². The fourth-order valence-electron chi connectivity index (χ4n) is 2.68. The predicted octanol–water partition coefficient (Wildman–Crippen LogP) is 1.95. The van der Waals surface area contributed by atoms with Gasteiger partial charge in [-0.1, -0.05) is 6.07 Å². The van der Waals surface area contributed by atoms with E-state index < -0.39 is 9.84 Å². The van der Waals surface area contributed by atoms with E-state index in [-0.39, 0.29) is 41.5 Å². The smallest absolute Gasteiger partial charge is 0.191 e. The van der Waals surface area contributed by atoms with Gasteiger partial charge >= 0.3 is 0 Å². The van der Waals surface area contributed by atoms with Crippen LogP contribution in [0.25, 0.3) is 0 Å². The zero-order chi connectivity index (χ0) is 18.3. The number of methoxy groups -OCH3 is 1. The minimum atomic E-state index is -2.92. The molecule has 0 radical (unpaired) electrons. The van der Waals surface area contributed by atoms with Gasteiger partial charge in [-0.15, -0.1) is 24.0 Å². The summed E-state index contributed by atoms with van der Waals surface area (Å²) >= 11 is 0. The number of sulfone groups is 1. The van der Waals surface area contributed by atoms with E-state index >= 15 is 0 Å². The first-order valence-corrected chi connectivity index (χ1v) is 10.3. The van der Waals surface area contributed by atoms with Crippen LogP contribution in [0.5, 0.6) is 11.5 Å². The molecular weight excluding hydrogens is 469 g/mol. The maximum absolute atomic E-state index is 11.6. The van der Waals surface area contributed by atoms with E-state index in [9.17, 15) is 8.42 Å². The monoisotopic (exact) mass is 497 g/mol. The molecule has 1 saturated heterocycles. The molecule has 0 spiro atoms. The number of benzene rings is 1. The van der Waals surface area contributed by atoms with Crippen LogP contribution >= 0.6 is 24.0 Å². The molecule has 2 N–H and O–H groups in total. The summed E-state index contributed by atoms with van der Waals surface area (Å²) in [6, 6.07) is 5.63. The largest absolute Gasteiger partial charge is 0.493 e. The molecule has 1 heterocycles. The summed E-state index contributed by atoms with van der Waals surface area (Å²) in [7, 11) is -1.31. The molecule has 7 nitrogen and oxygen atoms in total. The van der Waals surface area contributed by atoms with Crippen molar-refractivity contribution in [2.75, 3.05) is 31.8 Å². The standard InChI is InChI=1S/C17H27N3O4S.HI/c1-4-18-17(20-14-8-9-25(21,22)12-14)19-11-13-6-7-15(24-5-2)16(10-13)23-3;/h6-7,10,14H,4-5,8-9,11-12H2,1-3H3,(H2,18,19,20);1H. The Hall–Kier alpha value is -1.23. The Kier molecular flexibility index (Phi) is 9.48. The van der Waals surface area contributed by atoms with E-state index in [4.69, 9.17) is 9.47 Å². The van der Waals surface area contributed by atoms with Gasteiger partial charge < -0.3 is 20.1 Å². The fourth-order valence-corrected chi connectivity index (χ4v) is 4.35. The molecule has 0 bridgehead atoms. The minimum absolute atomic E-state index is 0. The Morgan fingerprint density at radius 3 is 2.65 bits per heavy atom. The molecule has 0 aromatic heterocycles. The number of halogens is 1. The van der Waals surface area contributed by atoms with Crippen LogP contribution in [0.15, 0.2) is 23.2 Å². The number of hydrogen-bond donors (Lipinski definition) is 2. The zero-order valence-corrected chi connectivity index (χ0v) is 18.6. The molecule has 26 heavy (non-hydrogen) atoms. The van der Waals surface area contributed by atoms with E-state index in [1.165, 1.54) is 0 Å². The molecule has 1 fully saturated rings. The second-order valence-electron chi connectivity index (χ2n) is 5.86. The second kappa shape index (κ2) is 10.8. The molecule has 1 atom stereocenters. The molecule has 9 heteroatoms. The molecule has 1 aliphatic rings. The SMILES string of the molecule is CCNC(=NCc1ccc(OCC)c(OC)c1)NC1CCS(=O)(=O)C1.I. The van der Waals surface area contributed by atoms with E-state index in [1.807, 2.05) is 32.0 Å². The third kappa shape index (κ3) is 6.82. The van der Waals surface area contributed by atoms with E-state index in [2.05, 4.69) is 15.6 Å². The number of guanidine groups is 1. The lowest BCUT2D eigenvalue weighted by Crippen LogP contribution is -2.44. The summed E-state index contributed by atoms with van der Waals surface area (Å²) < 4.78 is 34.0. The normalized spacial score (nSPS) is 18.7. The van der Waals surface area contributed by atoms with E-state index in [0.29, 0.717) is 43.6 Å². The second-order valence-corrected chi connectivity index (χ2v) is 8.09. The maximum Gasteiger partial charge on any atom is 0.191 e. The average molecular weight is 497 g/mol. The third-order valence-electron chi connectivity index (χ3n) is 3.87. The summed E-state index contributed by atoms with van der Waals surface area (Å²) in [5.41, 5.74) is 0.983. The Labute approximate surface area is 172 Å². The predicted molar refractivity (Wildman–Crippen MR) is 115 cm³/mol. The summed E-state index contributed by atoms with van der Waals surface area (Å²) in [5.74, 6) is 2.40. The Morgan fingerprint density at radius 1 is 1.31 bits per heavy atom. The zero-order valence-electron chi connectivity index (χ0n) is 15.4. The van der Waals surface area contributed by atoms with Crippen molar-refractivity contribution < 1.29 is 17.9 Å². The number of hydrogen-bond acceptors (Lipinski definition) is 5. The molecule has 2 rings (SSSR count). The Balaban J connectivity index is 0.00000338. The number of ether oxygens (including phenoxy) is 2. The van der Waals surface area contributed by atoms with Gasteiger partial charge in [-0.25, -0.2) is 13.4 Å². The summed E-state index contributed by atoms with van der Waals surface area (Å²) in [6.07, 6.45) is 0.615. The van der Waals surface area contributed by atoms with Gasteiger partial charge in [0.2, 0.25) is 0 Å². The lowest BCUT2D eigenvalue weighted by molar-refractivity contribution is 0.310. The van der Waals surface area contributed by atoms with Crippen molar-refractivity contribution in [1.29, 1.82) is 0 Å². The first-order valence-electron chi connectivity index (χ1n) is 8.52. The lowest BCUT2D eigenvalue weighted by atomic mass is 10.2. The fraction of sp³-hybridized carbons (Fsp3) is 0.588. The number of nitrogens with zero attached hydrogens (tertiary/aromatic N) is 1. The topological polar surface area (TPSA) is 89.0 Å². The van der Waals surface area contributed by atoms with Gasteiger partial charge in [0.15, 0.2) is 27.3 Å². The van der Waals surface area contributed by atoms with Crippen LogP contribution in [0.3, 0.4) is 0 Å². The summed E-state index contributed by atoms with van der Waals surface area (Å²) in [4.78, 5) is 4.55. The van der Waals surface area contributed by atoms with E-state index in [1.54, 1.807) is 7.11 Å². The van der Waals surface area contributed by atoms with Gasteiger partial charge in [-0.2, -0.15) is 0 Å². The van der Waals surface area contributed by atoms with Crippen LogP contribution in [-0.2, 0) is 16.4 Å². The molecule has 1 unspecified atom stereocenters. The first kappa shape index (κ1) is 22.8. The first-order chi connectivity index (χ1) is 12.0. The van der Waals surface area contributed by atoms with Crippen molar-refractivity contribution in [3.63, 3.8) is 0 Å². The molecule has 148 valence electrons. The number of aliphatic imine (C=N–C) groups is 1. The highest BCUT2D eigenvalue weighted by Gasteiger charge is 2.28. The van der Waals surface area contributed by atoms with Gasteiger partial charge in [0.1, 0.15) is 0 Å². The molecule has 0 aliphatic carbocycles. The van der Waals surface area contributed by atoms with Crippen molar-refractivity contribution >= 4 is 39.8 Å². The quantitative estimate of drug-likeness (QED) is 0.340. The van der Waals surface area contributed by atoms with Gasteiger partial charge in [0.05, 0.1) is 31.8 Å². The maximum atomic E-state index is 11.6. The van der Waals surface area contributed by atoms with Gasteiger partial charge in [-0.3, -0.25) is 0 Å². The third-order valence-corrected chi connectivity index (χ3v) is 5.63. The minimum Gasteiger partial charge on any atom is -0.493 e. The van der Waals surface area contributed by atoms with Gasteiger partial charge in [-0.05, 0) is 38.0 Å². The Bertz CT molecular complexity index is 710. The van der Waals surface area contributed by atoms with Crippen LogP contribution in [0.1, 0.15) is 25.8 Å². The van der Waals surface area contributed by atoms with Crippen molar-refractivity contribution in [3.8, 4) is 11.5 Å². The highest BCUT2D eigenvalue weighted by molar-refractivity contribution is 14.0. The van der Waals surface area contributed by atoms with Gasteiger partial charge in [0, 0.05) is 12.6 Å². The van der Waals surface area contributed by atoms with Crippen molar-refractivity contribution in [1.82, 2.24) is 10.6 Å². The summed E-state index contributed by atoms with van der Waals surface area (Å²) in [5, 5.41) is 6.36. The van der Waals surface area contributed by atoms with Crippen molar-refractivity contribution in [2.45, 2.75) is 32.9 Å². The van der Waals surface area contributed by atoms with Gasteiger partial charge in [0.25, 0.3) is 0 Å². The van der Waals surface area contributed by atoms with E-state index in [0.717, 1.165) is 5.56 Å². The summed E-state index contributed by atoms with van der Waals surface area (Å²) in [6.45, 7) is 5.64. The van der Waals surface area contributed by atoms with Crippen molar-refractivity contribution in [3.05, 3.63) is 23.8 Å². The molecule has 1 aromatic rings. The molecule has 0 amide bonds. The molecule has 1 aliphatic heterocycles. The van der Waals surface area contributed by atoms with Crippen LogP contribution in [0.2, 0.25) is 0 Å². The molecule has 1 aromatic carbocycles. The molecule has 0 saturated carbocycles. The van der Waals surface area contributed by atoms with Crippen LogP contribution in [0, 0.1) is 0 Å². The van der Waals surface area contributed by atoms with Crippen LogP contribution in [-0.4, -0.2) is 52.2 Å². The lowest BCUT2D eigenvalue weighted by Gasteiger charge is -2.16. The highest BCUT2D eigenvalue weighted by Crippen LogP contribution is 2.28. The highest BCUT2D eigenvalue weighted by atomic mass is 127.